The zero-order valence-electron chi connectivity index (χ0n) is 10.9. The molecule has 1 aromatic carbocycles. The number of nitrogens with two attached hydrogens (primary N) is 1. The lowest BCUT2D eigenvalue weighted by Crippen LogP contribution is -2.32. The highest BCUT2D eigenvalue weighted by Gasteiger charge is 2.14. The van der Waals surface area contributed by atoms with Gasteiger partial charge in [-0.1, -0.05) is 20.8 Å². The molecule has 0 atom stereocenters. The molecule has 0 radical (unpaired) electrons. The van der Waals surface area contributed by atoms with Crippen LogP contribution in [0.2, 0.25) is 0 Å². The van der Waals surface area contributed by atoms with Gasteiger partial charge >= 0.3 is 0 Å². The van der Waals surface area contributed by atoms with Crippen molar-refractivity contribution in [2.45, 2.75) is 27.7 Å². The monoisotopic (exact) mass is 235 g/mol. The van der Waals surface area contributed by atoms with Crippen molar-refractivity contribution in [3.8, 4) is 0 Å². The maximum atomic E-state index is 11.9. The largest absolute Gasteiger partial charge is 0.352 e. The molecule has 0 saturated carbocycles. The first-order valence-corrected chi connectivity index (χ1v) is 5.69. The first-order valence-electron chi connectivity index (χ1n) is 5.69. The molecule has 4 nitrogen and oxygen atoms in total. The van der Waals surface area contributed by atoms with Gasteiger partial charge in [0.15, 0.2) is 0 Å². The Morgan fingerprint density at radius 2 is 2.00 bits per heavy atom. The fourth-order valence-electron chi connectivity index (χ4n) is 1.45. The number of amides is 1. The Bertz CT molecular complexity index is 408. The minimum absolute atomic E-state index is 0.0407. The normalized spacial score (nSPS) is 11.1. The Morgan fingerprint density at radius 1 is 1.35 bits per heavy atom. The maximum absolute atomic E-state index is 11.9. The predicted molar refractivity (Wildman–Crippen MR) is 70.8 cm³/mol. The number of nitrogens with one attached hydrogen (secondary N) is 2. The predicted octanol–water partition coefficient (Wildman–Crippen LogP) is 2.06. The van der Waals surface area contributed by atoms with Gasteiger partial charge in [0, 0.05) is 17.8 Å². The zero-order valence-corrected chi connectivity index (χ0v) is 10.9. The molecule has 0 heterocycles. The second-order valence-corrected chi connectivity index (χ2v) is 5.42. The number of rotatable bonds is 3. The number of benzene rings is 1. The Morgan fingerprint density at radius 3 is 2.47 bits per heavy atom. The fourth-order valence-corrected chi connectivity index (χ4v) is 1.45. The van der Waals surface area contributed by atoms with Crippen LogP contribution >= 0.6 is 0 Å². The van der Waals surface area contributed by atoms with Crippen LogP contribution in [0.5, 0.6) is 0 Å². The molecule has 0 aliphatic carbocycles. The van der Waals surface area contributed by atoms with Crippen LogP contribution in [0.25, 0.3) is 0 Å². The molecule has 94 valence electrons. The summed E-state index contributed by atoms with van der Waals surface area (Å²) < 4.78 is 0. The first kappa shape index (κ1) is 13.5. The number of hydrazine groups is 1. The molecule has 0 bridgehead atoms. The van der Waals surface area contributed by atoms with Crippen LogP contribution in [0.15, 0.2) is 18.2 Å². The van der Waals surface area contributed by atoms with Gasteiger partial charge in [0.05, 0.1) is 0 Å². The topological polar surface area (TPSA) is 67.1 Å². The number of hydrogen-bond acceptors (Lipinski definition) is 3. The molecule has 0 spiro atoms. The number of carbonyl (C=O) groups excluding carboxylic acids is 1. The summed E-state index contributed by atoms with van der Waals surface area (Å²) >= 11 is 0. The van der Waals surface area contributed by atoms with Crippen LogP contribution in [-0.4, -0.2) is 12.5 Å². The second kappa shape index (κ2) is 5.19. The van der Waals surface area contributed by atoms with Crippen LogP contribution < -0.4 is 16.6 Å². The lowest BCUT2D eigenvalue weighted by atomic mass is 9.96. The van der Waals surface area contributed by atoms with Crippen LogP contribution in [0.4, 0.5) is 5.69 Å². The van der Waals surface area contributed by atoms with E-state index in [1.54, 1.807) is 12.1 Å². The molecular formula is C13H21N3O. The number of aryl methyl sites for hydroxylation is 1. The summed E-state index contributed by atoms with van der Waals surface area (Å²) in [6, 6.07) is 5.42. The maximum Gasteiger partial charge on any atom is 0.251 e. The van der Waals surface area contributed by atoms with E-state index in [-0.39, 0.29) is 11.3 Å². The molecule has 0 saturated heterocycles. The van der Waals surface area contributed by atoms with Crippen molar-refractivity contribution in [3.05, 3.63) is 29.3 Å². The molecular weight excluding hydrogens is 214 g/mol. The van der Waals surface area contributed by atoms with Gasteiger partial charge in [-0.2, -0.15) is 0 Å². The van der Waals surface area contributed by atoms with Crippen LogP contribution in [-0.2, 0) is 0 Å². The smallest absolute Gasteiger partial charge is 0.251 e. The van der Waals surface area contributed by atoms with E-state index in [2.05, 4.69) is 31.5 Å². The lowest BCUT2D eigenvalue weighted by Gasteiger charge is -2.19. The van der Waals surface area contributed by atoms with E-state index >= 15 is 0 Å². The van der Waals surface area contributed by atoms with Crippen molar-refractivity contribution in [1.29, 1.82) is 0 Å². The van der Waals surface area contributed by atoms with Gasteiger partial charge in [-0.05, 0) is 36.1 Å². The summed E-state index contributed by atoms with van der Waals surface area (Å²) in [5.41, 5.74) is 5.04. The average molecular weight is 235 g/mol. The summed E-state index contributed by atoms with van der Waals surface area (Å²) in [6.45, 7) is 8.81. The van der Waals surface area contributed by atoms with E-state index < -0.39 is 0 Å². The van der Waals surface area contributed by atoms with Gasteiger partial charge in [0.25, 0.3) is 5.91 Å². The second-order valence-electron chi connectivity index (χ2n) is 5.42. The number of carbonyl (C=O) groups is 1. The molecule has 4 heteroatoms. The van der Waals surface area contributed by atoms with Gasteiger partial charge in [0.2, 0.25) is 0 Å². The minimum Gasteiger partial charge on any atom is -0.352 e. The van der Waals surface area contributed by atoms with Gasteiger partial charge in [0.1, 0.15) is 0 Å². The third-order valence-electron chi connectivity index (χ3n) is 2.42. The Labute approximate surface area is 103 Å². The van der Waals surface area contributed by atoms with E-state index in [4.69, 9.17) is 5.84 Å². The van der Waals surface area contributed by atoms with E-state index in [0.717, 1.165) is 11.3 Å². The highest BCUT2D eigenvalue weighted by Crippen LogP contribution is 2.15. The highest BCUT2D eigenvalue weighted by atomic mass is 16.1. The molecule has 4 N–H and O–H groups in total. The third kappa shape index (κ3) is 4.07. The van der Waals surface area contributed by atoms with Crippen molar-refractivity contribution in [3.63, 3.8) is 0 Å². The summed E-state index contributed by atoms with van der Waals surface area (Å²) in [4.78, 5) is 11.9. The third-order valence-corrected chi connectivity index (χ3v) is 2.42. The van der Waals surface area contributed by atoms with Crippen LogP contribution in [0.3, 0.4) is 0 Å². The molecule has 0 fully saturated rings. The lowest BCUT2D eigenvalue weighted by molar-refractivity contribution is 0.0938. The zero-order chi connectivity index (χ0) is 13.1. The van der Waals surface area contributed by atoms with Crippen LogP contribution in [0.1, 0.15) is 36.7 Å². The number of anilines is 1. The molecule has 17 heavy (non-hydrogen) atoms. The van der Waals surface area contributed by atoms with Crippen molar-refractivity contribution in [1.82, 2.24) is 5.32 Å². The molecule has 1 amide bonds. The Balaban J connectivity index is 2.76. The standard InChI is InChI=1S/C13H21N3O/c1-9-7-10(16-14)5-6-11(9)12(17)15-8-13(2,3)4/h5-7,16H,8,14H2,1-4H3,(H,15,17). The highest BCUT2D eigenvalue weighted by molar-refractivity contribution is 5.96. The van der Waals surface area contributed by atoms with Gasteiger partial charge in [-0.3, -0.25) is 10.6 Å². The first-order chi connectivity index (χ1) is 7.83. The molecule has 0 unspecified atom stereocenters. The quantitative estimate of drug-likeness (QED) is 0.555. The SMILES string of the molecule is Cc1cc(NN)ccc1C(=O)NCC(C)(C)C. The van der Waals surface area contributed by atoms with Crippen molar-refractivity contribution in [2.75, 3.05) is 12.0 Å². The van der Waals surface area contributed by atoms with Crippen molar-refractivity contribution in [2.24, 2.45) is 11.3 Å². The van der Waals surface area contributed by atoms with E-state index in [1.165, 1.54) is 0 Å². The number of hydrogen-bond donors (Lipinski definition) is 3. The van der Waals surface area contributed by atoms with E-state index in [1.807, 2.05) is 13.0 Å². The molecule has 0 aliphatic rings. The molecule has 1 aromatic rings. The summed E-state index contributed by atoms with van der Waals surface area (Å²) in [5, 5.41) is 2.93. The van der Waals surface area contributed by atoms with Gasteiger partial charge < -0.3 is 10.7 Å². The van der Waals surface area contributed by atoms with Crippen molar-refractivity contribution >= 4 is 11.6 Å². The van der Waals surface area contributed by atoms with Gasteiger partial charge in [-0.15, -0.1) is 0 Å². The van der Waals surface area contributed by atoms with Crippen molar-refractivity contribution < 1.29 is 4.79 Å². The summed E-state index contributed by atoms with van der Waals surface area (Å²) in [7, 11) is 0. The van der Waals surface area contributed by atoms with Crippen LogP contribution in [0, 0.1) is 12.3 Å². The average Bonchev–Trinajstić information content (AvgIpc) is 2.24. The Hall–Kier alpha value is -1.55. The molecule has 0 aromatic heterocycles. The Kier molecular flexibility index (Phi) is 4.12. The number of nitrogen functional groups attached to an aromatic ring is 1. The summed E-state index contributed by atoms with van der Waals surface area (Å²) in [5.74, 6) is 5.27. The van der Waals surface area contributed by atoms with E-state index in [0.29, 0.717) is 12.1 Å². The van der Waals surface area contributed by atoms with E-state index in [9.17, 15) is 4.79 Å². The minimum atomic E-state index is -0.0407. The molecule has 1 rings (SSSR count). The summed E-state index contributed by atoms with van der Waals surface area (Å²) in [6.07, 6.45) is 0. The van der Waals surface area contributed by atoms with Gasteiger partial charge in [-0.25, -0.2) is 0 Å². The molecule has 0 aliphatic heterocycles. The fraction of sp³-hybridized carbons (Fsp3) is 0.462.